The van der Waals surface area contributed by atoms with Crippen molar-refractivity contribution >= 4 is 15.9 Å². The van der Waals surface area contributed by atoms with Crippen molar-refractivity contribution in [3.8, 4) is 0 Å². The molecule has 0 aliphatic heterocycles. The molecule has 8 heteroatoms. The van der Waals surface area contributed by atoms with Gasteiger partial charge >= 0.3 is 0 Å². The monoisotopic (exact) mass is 271 g/mol. The summed E-state index contributed by atoms with van der Waals surface area (Å²) in [7, 11) is 3.67. The van der Waals surface area contributed by atoms with E-state index < -0.39 is 0 Å². The van der Waals surface area contributed by atoms with Gasteiger partial charge in [0.05, 0.1) is 5.69 Å². The van der Waals surface area contributed by atoms with Crippen LogP contribution >= 0.6 is 15.9 Å². The van der Waals surface area contributed by atoms with Crippen molar-refractivity contribution in [1.29, 1.82) is 0 Å². The van der Waals surface area contributed by atoms with Crippen molar-refractivity contribution in [2.45, 2.75) is 6.04 Å². The Balaban J connectivity index is 2.44. The lowest BCUT2D eigenvalue weighted by molar-refractivity contribution is 0.575. The van der Waals surface area contributed by atoms with Crippen LogP contribution in [0.15, 0.2) is 10.9 Å². The second-order valence-electron chi connectivity index (χ2n) is 2.98. The smallest absolute Gasteiger partial charge is 0.153 e. The van der Waals surface area contributed by atoms with Crippen LogP contribution in [0.2, 0.25) is 0 Å². The van der Waals surface area contributed by atoms with Crippen LogP contribution in [-0.4, -0.2) is 37.2 Å². The second kappa shape index (κ2) is 4.07. The van der Waals surface area contributed by atoms with Gasteiger partial charge in [0.15, 0.2) is 4.60 Å². The van der Waals surface area contributed by atoms with Gasteiger partial charge in [0, 0.05) is 7.05 Å². The third kappa shape index (κ3) is 1.77. The molecule has 80 valence electrons. The zero-order chi connectivity index (χ0) is 10.8. The van der Waals surface area contributed by atoms with E-state index in [4.69, 9.17) is 0 Å². The summed E-state index contributed by atoms with van der Waals surface area (Å²) in [4.78, 5) is 4.11. The molecule has 0 spiro atoms. The van der Waals surface area contributed by atoms with E-state index in [1.54, 1.807) is 4.68 Å². The molecular weight excluding hydrogens is 262 g/mol. The lowest BCUT2D eigenvalue weighted by Gasteiger charge is -2.12. The average molecular weight is 272 g/mol. The Hall–Kier alpha value is -1.28. The Bertz CT molecular complexity index is 415. The molecule has 2 N–H and O–H groups in total. The van der Waals surface area contributed by atoms with E-state index in [0.717, 1.165) is 11.5 Å². The third-order valence-corrected chi connectivity index (χ3v) is 2.66. The Morgan fingerprint density at radius 2 is 2.40 bits per heavy atom. The summed E-state index contributed by atoms with van der Waals surface area (Å²) in [6.45, 7) is 0. The van der Waals surface area contributed by atoms with E-state index in [9.17, 15) is 0 Å². The fraction of sp³-hybridized carbons (Fsp3) is 0.429. The second-order valence-corrected chi connectivity index (χ2v) is 3.73. The van der Waals surface area contributed by atoms with Crippen LogP contribution in [0.3, 0.4) is 0 Å². The summed E-state index contributed by atoms with van der Waals surface area (Å²) in [5.74, 6) is 0.726. The van der Waals surface area contributed by atoms with Gasteiger partial charge in [0.25, 0.3) is 0 Å². The molecule has 0 fully saturated rings. The highest BCUT2D eigenvalue weighted by molar-refractivity contribution is 9.10. The predicted octanol–water partition coefficient (Wildman–Crippen LogP) is 0.00450. The van der Waals surface area contributed by atoms with Gasteiger partial charge in [0.1, 0.15) is 18.2 Å². The Morgan fingerprint density at radius 1 is 1.60 bits per heavy atom. The first-order valence-corrected chi connectivity index (χ1v) is 5.11. The first-order valence-electron chi connectivity index (χ1n) is 4.31. The zero-order valence-electron chi connectivity index (χ0n) is 8.27. The van der Waals surface area contributed by atoms with Crippen molar-refractivity contribution in [2.24, 2.45) is 7.05 Å². The Kier molecular flexibility index (Phi) is 2.78. The molecule has 0 radical (unpaired) electrons. The number of hydrogen-bond acceptors (Lipinski definition) is 5. The highest BCUT2D eigenvalue weighted by Gasteiger charge is 2.22. The normalized spacial score (nSPS) is 13.0. The number of halogens is 1. The standard InChI is InChI=1S/C7H10BrN7/c1-9-4(7-10-3-11-13-7)5-6(8)12-14-15(5)2/h3-4,9H,1-2H3,(H,10,11,13). The molecule has 2 aromatic rings. The lowest BCUT2D eigenvalue weighted by atomic mass is 10.2. The fourth-order valence-corrected chi connectivity index (χ4v) is 1.96. The van der Waals surface area contributed by atoms with Gasteiger partial charge in [0.2, 0.25) is 0 Å². The molecule has 2 rings (SSSR count). The molecule has 1 atom stereocenters. The lowest BCUT2D eigenvalue weighted by Crippen LogP contribution is -2.22. The van der Waals surface area contributed by atoms with Gasteiger partial charge in [-0.3, -0.25) is 5.10 Å². The SMILES string of the molecule is CNC(c1ncn[nH]1)c1c(Br)nnn1C. The molecule has 0 saturated carbocycles. The summed E-state index contributed by atoms with van der Waals surface area (Å²) in [6, 6.07) is -0.109. The van der Waals surface area contributed by atoms with Crippen molar-refractivity contribution in [3.05, 3.63) is 22.4 Å². The number of aromatic amines is 1. The number of H-pyrrole nitrogens is 1. The van der Waals surface area contributed by atoms with Gasteiger partial charge < -0.3 is 5.32 Å². The molecule has 2 aromatic heterocycles. The number of hydrogen-bond donors (Lipinski definition) is 2. The van der Waals surface area contributed by atoms with Crippen LogP contribution in [0.1, 0.15) is 17.6 Å². The summed E-state index contributed by atoms with van der Waals surface area (Å²) in [5.41, 5.74) is 0.897. The molecule has 0 aliphatic rings. The summed E-state index contributed by atoms with van der Waals surface area (Å²) < 4.78 is 2.38. The van der Waals surface area contributed by atoms with Crippen LogP contribution in [0, 0.1) is 0 Å². The fourth-order valence-electron chi connectivity index (χ4n) is 1.40. The van der Waals surface area contributed by atoms with E-state index in [-0.39, 0.29) is 6.04 Å². The molecule has 0 saturated heterocycles. The maximum absolute atomic E-state index is 4.11. The largest absolute Gasteiger partial charge is 0.305 e. The van der Waals surface area contributed by atoms with Crippen molar-refractivity contribution in [1.82, 2.24) is 35.5 Å². The van der Waals surface area contributed by atoms with Crippen LogP contribution < -0.4 is 5.32 Å². The minimum atomic E-state index is -0.109. The Labute approximate surface area is 94.4 Å². The minimum Gasteiger partial charge on any atom is -0.305 e. The van der Waals surface area contributed by atoms with Crippen LogP contribution in [0.25, 0.3) is 0 Å². The quantitative estimate of drug-likeness (QED) is 0.821. The van der Waals surface area contributed by atoms with E-state index in [2.05, 4.69) is 46.7 Å². The highest BCUT2D eigenvalue weighted by atomic mass is 79.9. The van der Waals surface area contributed by atoms with Crippen molar-refractivity contribution in [3.63, 3.8) is 0 Å². The topological polar surface area (TPSA) is 84.3 Å². The minimum absolute atomic E-state index is 0.109. The molecule has 7 nitrogen and oxygen atoms in total. The van der Waals surface area contributed by atoms with Crippen molar-refractivity contribution in [2.75, 3.05) is 7.05 Å². The first-order chi connectivity index (χ1) is 7.24. The van der Waals surface area contributed by atoms with Gasteiger partial charge in [-0.2, -0.15) is 5.10 Å². The van der Waals surface area contributed by atoms with Crippen LogP contribution in [0.4, 0.5) is 0 Å². The molecule has 0 aromatic carbocycles. The van der Waals surface area contributed by atoms with E-state index in [1.807, 2.05) is 14.1 Å². The maximum Gasteiger partial charge on any atom is 0.153 e. The third-order valence-electron chi connectivity index (χ3n) is 2.10. The number of nitrogens with one attached hydrogen (secondary N) is 2. The molecule has 0 bridgehead atoms. The summed E-state index contributed by atoms with van der Waals surface area (Å²) in [6.07, 6.45) is 1.47. The molecule has 15 heavy (non-hydrogen) atoms. The Morgan fingerprint density at radius 3 is 2.87 bits per heavy atom. The number of aromatic nitrogens is 6. The van der Waals surface area contributed by atoms with Crippen LogP contribution in [0.5, 0.6) is 0 Å². The highest BCUT2D eigenvalue weighted by Crippen LogP contribution is 2.23. The number of aryl methyl sites for hydroxylation is 1. The molecular formula is C7H10BrN7. The summed E-state index contributed by atoms with van der Waals surface area (Å²) >= 11 is 3.35. The van der Waals surface area contributed by atoms with Gasteiger partial charge in [-0.25, -0.2) is 9.67 Å². The van der Waals surface area contributed by atoms with Crippen LogP contribution in [-0.2, 0) is 7.05 Å². The zero-order valence-corrected chi connectivity index (χ0v) is 9.85. The van der Waals surface area contributed by atoms with E-state index in [0.29, 0.717) is 4.60 Å². The van der Waals surface area contributed by atoms with Gasteiger partial charge in [-0.1, -0.05) is 5.21 Å². The van der Waals surface area contributed by atoms with Crippen molar-refractivity contribution < 1.29 is 0 Å². The van der Waals surface area contributed by atoms with Gasteiger partial charge in [-0.15, -0.1) is 5.10 Å². The predicted molar refractivity (Wildman–Crippen MR) is 56.0 cm³/mol. The molecule has 0 aliphatic carbocycles. The molecule has 1 unspecified atom stereocenters. The maximum atomic E-state index is 4.11. The summed E-state index contributed by atoms with van der Waals surface area (Å²) in [5, 5.41) is 17.6. The van der Waals surface area contributed by atoms with E-state index in [1.165, 1.54) is 6.33 Å². The van der Waals surface area contributed by atoms with E-state index >= 15 is 0 Å². The number of rotatable bonds is 3. The average Bonchev–Trinajstić information content (AvgIpc) is 2.83. The van der Waals surface area contributed by atoms with Gasteiger partial charge in [-0.05, 0) is 23.0 Å². The first kappa shape index (κ1) is 10.2. The number of nitrogens with zero attached hydrogens (tertiary/aromatic N) is 5. The molecule has 2 heterocycles. The molecule has 0 amide bonds.